The Hall–Kier alpha value is -2.96. The minimum Gasteiger partial charge on any atom is -0.496 e. The van der Waals surface area contributed by atoms with Crippen molar-refractivity contribution in [1.29, 1.82) is 0 Å². The van der Waals surface area contributed by atoms with Crippen molar-refractivity contribution in [2.45, 2.75) is 6.18 Å². The van der Waals surface area contributed by atoms with Crippen LogP contribution in [0.1, 0.15) is 21.5 Å². The molecule has 0 unspecified atom stereocenters. The molecule has 138 valence electrons. The van der Waals surface area contributed by atoms with Gasteiger partial charge in [-0.2, -0.15) is 13.2 Å². The number of carbonyl (C=O) groups is 1. The fourth-order valence-electron chi connectivity index (χ4n) is 2.27. The zero-order valence-electron chi connectivity index (χ0n) is 14.4. The summed E-state index contributed by atoms with van der Waals surface area (Å²) in [6.45, 7) is 0. The van der Waals surface area contributed by atoms with Gasteiger partial charge in [0.2, 0.25) is 0 Å². The minimum absolute atomic E-state index is 0.147. The first kappa shape index (κ1) is 19.4. The van der Waals surface area contributed by atoms with Gasteiger partial charge in [0.05, 0.1) is 26.9 Å². The van der Waals surface area contributed by atoms with Crippen LogP contribution in [-0.4, -0.2) is 27.1 Å². The highest BCUT2D eigenvalue weighted by Crippen LogP contribution is 2.35. The number of carbonyl (C=O) groups excluding carboxylic acids is 1. The Morgan fingerprint density at radius 3 is 1.92 bits per heavy atom. The number of ketones is 1. The molecule has 0 radical (unpaired) electrons. The Morgan fingerprint density at radius 2 is 1.42 bits per heavy atom. The lowest BCUT2D eigenvalue weighted by Crippen LogP contribution is -2.05. The fourth-order valence-corrected chi connectivity index (χ4v) is 2.27. The van der Waals surface area contributed by atoms with Crippen molar-refractivity contribution in [1.82, 2.24) is 0 Å². The largest absolute Gasteiger partial charge is 0.496 e. The molecule has 26 heavy (non-hydrogen) atoms. The summed E-state index contributed by atoms with van der Waals surface area (Å²) in [7, 11) is 4.43. The van der Waals surface area contributed by atoms with E-state index in [1.807, 2.05) is 0 Å². The number of alkyl halides is 3. The van der Waals surface area contributed by atoms with Gasteiger partial charge < -0.3 is 14.2 Å². The molecular formula is C19H17F3O4. The molecule has 0 aliphatic heterocycles. The van der Waals surface area contributed by atoms with Gasteiger partial charge in [-0.1, -0.05) is 12.1 Å². The van der Waals surface area contributed by atoms with Crippen LogP contribution in [0.5, 0.6) is 17.2 Å². The second kappa shape index (κ2) is 7.95. The zero-order valence-corrected chi connectivity index (χ0v) is 14.4. The van der Waals surface area contributed by atoms with Crippen molar-refractivity contribution in [3.8, 4) is 17.2 Å². The lowest BCUT2D eigenvalue weighted by atomic mass is 10.1. The molecule has 0 aliphatic carbocycles. The van der Waals surface area contributed by atoms with E-state index in [-0.39, 0.29) is 5.56 Å². The number of benzene rings is 2. The van der Waals surface area contributed by atoms with Crippen LogP contribution in [0.15, 0.2) is 42.5 Å². The molecule has 0 aliphatic rings. The van der Waals surface area contributed by atoms with Gasteiger partial charge in [-0.25, -0.2) is 0 Å². The van der Waals surface area contributed by atoms with Crippen LogP contribution >= 0.6 is 0 Å². The summed E-state index contributed by atoms with van der Waals surface area (Å²) in [4.78, 5) is 12.2. The monoisotopic (exact) mass is 366 g/mol. The van der Waals surface area contributed by atoms with Crippen molar-refractivity contribution in [2.24, 2.45) is 0 Å². The topological polar surface area (TPSA) is 44.8 Å². The fraction of sp³-hybridized carbons (Fsp3) is 0.211. The molecule has 0 saturated heterocycles. The van der Waals surface area contributed by atoms with E-state index >= 15 is 0 Å². The molecule has 0 saturated carbocycles. The lowest BCUT2D eigenvalue weighted by molar-refractivity contribution is -0.137. The predicted molar refractivity (Wildman–Crippen MR) is 90.9 cm³/mol. The smallest absolute Gasteiger partial charge is 0.416 e. The van der Waals surface area contributed by atoms with Crippen molar-refractivity contribution in [3.63, 3.8) is 0 Å². The Labute approximate surface area is 148 Å². The number of halogens is 3. The molecule has 2 aromatic rings. The highest BCUT2D eigenvalue weighted by molar-refractivity contribution is 6.07. The first-order chi connectivity index (χ1) is 12.3. The van der Waals surface area contributed by atoms with Crippen molar-refractivity contribution >= 4 is 11.9 Å². The Balaban J connectivity index is 2.27. The van der Waals surface area contributed by atoms with Gasteiger partial charge in [-0.05, 0) is 30.4 Å². The molecule has 0 amide bonds. The van der Waals surface area contributed by atoms with E-state index in [4.69, 9.17) is 14.2 Å². The molecule has 0 aromatic heterocycles. The predicted octanol–water partition coefficient (Wildman–Crippen LogP) is 4.63. The van der Waals surface area contributed by atoms with Gasteiger partial charge in [-0.15, -0.1) is 0 Å². The standard InChI is InChI=1S/C19H17F3O4/c1-24-16-11-18(26-3)17(25-2)10-13(16)6-9-15(23)12-4-7-14(8-5-12)19(20,21)22/h4-11H,1-3H3/b9-6+. The lowest BCUT2D eigenvalue weighted by Gasteiger charge is -2.12. The molecule has 0 bridgehead atoms. The Kier molecular flexibility index (Phi) is 5.92. The zero-order chi connectivity index (χ0) is 19.3. The summed E-state index contributed by atoms with van der Waals surface area (Å²) in [5, 5.41) is 0. The van der Waals surface area contributed by atoms with Crippen LogP contribution in [0.3, 0.4) is 0 Å². The van der Waals surface area contributed by atoms with Gasteiger partial charge in [0, 0.05) is 17.2 Å². The molecule has 4 nitrogen and oxygen atoms in total. The van der Waals surface area contributed by atoms with E-state index in [0.29, 0.717) is 22.8 Å². The van der Waals surface area contributed by atoms with E-state index in [1.165, 1.54) is 33.5 Å². The maximum absolute atomic E-state index is 12.6. The number of hydrogen-bond donors (Lipinski definition) is 0. The van der Waals surface area contributed by atoms with E-state index in [0.717, 1.165) is 24.3 Å². The summed E-state index contributed by atoms with van der Waals surface area (Å²) >= 11 is 0. The van der Waals surface area contributed by atoms with Crippen LogP contribution in [0, 0.1) is 0 Å². The average molecular weight is 366 g/mol. The van der Waals surface area contributed by atoms with E-state index in [2.05, 4.69) is 0 Å². The number of hydrogen-bond acceptors (Lipinski definition) is 4. The number of ether oxygens (including phenoxy) is 3. The van der Waals surface area contributed by atoms with Gasteiger partial charge in [-0.3, -0.25) is 4.79 Å². The van der Waals surface area contributed by atoms with E-state index < -0.39 is 17.5 Å². The molecule has 0 N–H and O–H groups in total. The summed E-state index contributed by atoms with van der Waals surface area (Å²) in [6, 6.07) is 7.27. The summed E-state index contributed by atoms with van der Waals surface area (Å²) in [5.41, 5.74) is -0.0984. The third kappa shape index (κ3) is 4.36. The van der Waals surface area contributed by atoms with E-state index in [1.54, 1.807) is 12.1 Å². The SMILES string of the molecule is COc1cc(OC)c(OC)cc1/C=C/C(=O)c1ccc(C(F)(F)F)cc1. The highest BCUT2D eigenvalue weighted by atomic mass is 19.4. The van der Waals surface area contributed by atoms with Crippen molar-refractivity contribution in [2.75, 3.05) is 21.3 Å². The van der Waals surface area contributed by atoms with Crippen LogP contribution in [0.4, 0.5) is 13.2 Å². The molecule has 2 aromatic carbocycles. The first-order valence-electron chi connectivity index (χ1n) is 7.49. The summed E-state index contributed by atoms with van der Waals surface area (Å²) < 4.78 is 53.4. The minimum atomic E-state index is -4.44. The van der Waals surface area contributed by atoms with Crippen LogP contribution in [-0.2, 0) is 6.18 Å². The average Bonchev–Trinajstić information content (AvgIpc) is 2.64. The van der Waals surface area contributed by atoms with E-state index in [9.17, 15) is 18.0 Å². The summed E-state index contributed by atoms with van der Waals surface area (Å²) in [5.74, 6) is 0.945. The number of methoxy groups -OCH3 is 3. The normalized spacial score (nSPS) is 11.5. The highest BCUT2D eigenvalue weighted by Gasteiger charge is 2.30. The quantitative estimate of drug-likeness (QED) is 0.552. The maximum Gasteiger partial charge on any atom is 0.416 e. The third-order valence-electron chi connectivity index (χ3n) is 3.65. The Bertz CT molecular complexity index is 809. The van der Waals surface area contributed by atoms with Gasteiger partial charge in [0.1, 0.15) is 5.75 Å². The van der Waals surface area contributed by atoms with Crippen LogP contribution in [0.2, 0.25) is 0 Å². The van der Waals surface area contributed by atoms with Crippen molar-refractivity contribution < 1.29 is 32.2 Å². The van der Waals surface area contributed by atoms with Gasteiger partial charge in [0.25, 0.3) is 0 Å². The molecule has 0 atom stereocenters. The van der Waals surface area contributed by atoms with Gasteiger partial charge >= 0.3 is 6.18 Å². The first-order valence-corrected chi connectivity index (χ1v) is 7.49. The molecule has 7 heteroatoms. The number of allylic oxidation sites excluding steroid dienone is 1. The molecule has 2 rings (SSSR count). The molecular weight excluding hydrogens is 349 g/mol. The second-order valence-electron chi connectivity index (χ2n) is 5.22. The van der Waals surface area contributed by atoms with Crippen LogP contribution in [0.25, 0.3) is 6.08 Å². The molecule has 0 spiro atoms. The maximum atomic E-state index is 12.6. The summed E-state index contributed by atoms with van der Waals surface area (Å²) in [6.07, 6.45) is -1.68. The third-order valence-corrected chi connectivity index (χ3v) is 3.65. The number of rotatable bonds is 6. The van der Waals surface area contributed by atoms with Crippen LogP contribution < -0.4 is 14.2 Å². The second-order valence-corrected chi connectivity index (χ2v) is 5.22. The van der Waals surface area contributed by atoms with Gasteiger partial charge in [0.15, 0.2) is 17.3 Å². The molecule has 0 fully saturated rings. The molecule has 0 heterocycles. The Morgan fingerprint density at radius 1 is 0.885 bits per heavy atom. The van der Waals surface area contributed by atoms with Crippen molar-refractivity contribution in [3.05, 3.63) is 59.2 Å².